The molecule has 1 N–H and O–H groups in total. The number of halogens is 3. The van der Waals surface area contributed by atoms with Crippen LogP contribution in [0, 0.1) is 0 Å². The standard InChI is InChI=1S/C12H20F3N3/c1-4-16-11(8-12(13,14)15)7-10-5-6-18(17-10)9(2)3/h5-6,9,11,16H,4,7-8H2,1-3H3. The molecule has 1 atom stereocenters. The highest BCUT2D eigenvalue weighted by Crippen LogP contribution is 2.23. The monoisotopic (exact) mass is 263 g/mol. The van der Waals surface area contributed by atoms with E-state index in [0.29, 0.717) is 18.7 Å². The molecule has 1 aromatic heterocycles. The minimum Gasteiger partial charge on any atom is -0.314 e. The number of hydrogen-bond donors (Lipinski definition) is 1. The van der Waals surface area contributed by atoms with E-state index >= 15 is 0 Å². The third kappa shape index (κ3) is 5.08. The van der Waals surface area contributed by atoms with Crippen LogP contribution in [0.15, 0.2) is 12.3 Å². The molecule has 18 heavy (non-hydrogen) atoms. The van der Waals surface area contributed by atoms with Crippen LogP contribution in [0.1, 0.15) is 38.9 Å². The summed E-state index contributed by atoms with van der Waals surface area (Å²) in [4.78, 5) is 0. The summed E-state index contributed by atoms with van der Waals surface area (Å²) < 4.78 is 39.0. The molecular weight excluding hydrogens is 243 g/mol. The molecule has 3 nitrogen and oxygen atoms in total. The van der Waals surface area contributed by atoms with Crippen molar-refractivity contribution >= 4 is 0 Å². The van der Waals surface area contributed by atoms with Gasteiger partial charge in [0.2, 0.25) is 0 Å². The minimum atomic E-state index is -4.15. The van der Waals surface area contributed by atoms with E-state index < -0.39 is 18.6 Å². The van der Waals surface area contributed by atoms with Crippen molar-refractivity contribution in [1.82, 2.24) is 15.1 Å². The van der Waals surface area contributed by atoms with Gasteiger partial charge in [-0.2, -0.15) is 18.3 Å². The highest BCUT2D eigenvalue weighted by atomic mass is 19.4. The Bertz CT molecular complexity index is 358. The Balaban J connectivity index is 2.64. The third-order valence-corrected chi connectivity index (χ3v) is 2.62. The van der Waals surface area contributed by atoms with Crippen molar-refractivity contribution in [3.8, 4) is 0 Å². The molecule has 0 saturated carbocycles. The maximum absolute atomic E-state index is 12.4. The van der Waals surface area contributed by atoms with Gasteiger partial charge in [-0.05, 0) is 26.5 Å². The molecule has 0 radical (unpaired) electrons. The number of nitrogens with zero attached hydrogens (tertiary/aromatic N) is 2. The van der Waals surface area contributed by atoms with Gasteiger partial charge in [-0.25, -0.2) is 0 Å². The number of hydrogen-bond acceptors (Lipinski definition) is 2. The Labute approximate surface area is 105 Å². The van der Waals surface area contributed by atoms with Crippen LogP contribution in [0.25, 0.3) is 0 Å². The lowest BCUT2D eigenvalue weighted by molar-refractivity contribution is -0.139. The molecule has 0 spiro atoms. The van der Waals surface area contributed by atoms with Crippen molar-refractivity contribution in [2.75, 3.05) is 6.54 Å². The number of likely N-dealkylation sites (N-methyl/N-ethyl adjacent to an activating group) is 1. The fraction of sp³-hybridized carbons (Fsp3) is 0.750. The highest BCUT2D eigenvalue weighted by molar-refractivity contribution is 5.02. The third-order valence-electron chi connectivity index (χ3n) is 2.62. The van der Waals surface area contributed by atoms with E-state index in [1.807, 2.05) is 13.8 Å². The Hall–Kier alpha value is -1.04. The molecule has 0 amide bonds. The van der Waals surface area contributed by atoms with E-state index in [0.717, 1.165) is 0 Å². The van der Waals surface area contributed by atoms with Crippen molar-refractivity contribution in [1.29, 1.82) is 0 Å². The fourth-order valence-electron chi connectivity index (χ4n) is 1.81. The molecule has 0 aliphatic carbocycles. The Morgan fingerprint density at radius 1 is 1.39 bits per heavy atom. The number of alkyl halides is 3. The van der Waals surface area contributed by atoms with Gasteiger partial charge < -0.3 is 5.32 Å². The molecule has 0 bridgehead atoms. The number of aromatic nitrogens is 2. The summed E-state index contributed by atoms with van der Waals surface area (Å²) in [5, 5.41) is 7.13. The maximum atomic E-state index is 12.4. The van der Waals surface area contributed by atoms with E-state index in [1.54, 1.807) is 23.9 Å². The van der Waals surface area contributed by atoms with Gasteiger partial charge in [-0.1, -0.05) is 6.92 Å². The van der Waals surface area contributed by atoms with Crippen LogP contribution in [0.3, 0.4) is 0 Å². The number of nitrogens with one attached hydrogen (secondary N) is 1. The van der Waals surface area contributed by atoms with Gasteiger partial charge in [0, 0.05) is 24.7 Å². The first-order valence-corrected chi connectivity index (χ1v) is 6.16. The molecule has 6 heteroatoms. The van der Waals surface area contributed by atoms with E-state index in [2.05, 4.69) is 10.4 Å². The van der Waals surface area contributed by atoms with Gasteiger partial charge in [0.05, 0.1) is 12.1 Å². The first-order chi connectivity index (χ1) is 8.31. The lowest BCUT2D eigenvalue weighted by Gasteiger charge is -2.18. The molecule has 0 aliphatic heterocycles. The SMILES string of the molecule is CCNC(Cc1ccn(C(C)C)n1)CC(F)(F)F. The molecule has 1 rings (SSSR count). The topological polar surface area (TPSA) is 29.9 Å². The van der Waals surface area contributed by atoms with Crippen molar-refractivity contribution in [3.05, 3.63) is 18.0 Å². The van der Waals surface area contributed by atoms with E-state index in [9.17, 15) is 13.2 Å². The quantitative estimate of drug-likeness (QED) is 0.855. The first-order valence-electron chi connectivity index (χ1n) is 6.16. The van der Waals surface area contributed by atoms with Crippen LogP contribution in [0.4, 0.5) is 13.2 Å². The average molecular weight is 263 g/mol. The summed E-state index contributed by atoms with van der Waals surface area (Å²) >= 11 is 0. The predicted molar refractivity (Wildman–Crippen MR) is 64.5 cm³/mol. The van der Waals surface area contributed by atoms with Crippen LogP contribution in [0.2, 0.25) is 0 Å². The fourth-order valence-corrected chi connectivity index (χ4v) is 1.81. The van der Waals surface area contributed by atoms with E-state index in [1.165, 1.54) is 0 Å². The molecule has 0 saturated heterocycles. The normalized spacial score (nSPS) is 14.2. The smallest absolute Gasteiger partial charge is 0.314 e. The summed E-state index contributed by atoms with van der Waals surface area (Å²) in [5.41, 5.74) is 0.693. The van der Waals surface area contributed by atoms with Crippen LogP contribution in [-0.2, 0) is 6.42 Å². The van der Waals surface area contributed by atoms with Crippen LogP contribution in [-0.4, -0.2) is 28.5 Å². The lowest BCUT2D eigenvalue weighted by Crippen LogP contribution is -2.35. The average Bonchev–Trinajstić information content (AvgIpc) is 2.64. The summed E-state index contributed by atoms with van der Waals surface area (Å²) in [6.07, 6.45) is -2.87. The zero-order valence-electron chi connectivity index (χ0n) is 11.0. The van der Waals surface area contributed by atoms with E-state index in [4.69, 9.17) is 0 Å². The second kappa shape index (κ2) is 6.22. The van der Waals surface area contributed by atoms with E-state index in [-0.39, 0.29) is 6.04 Å². The maximum Gasteiger partial charge on any atom is 0.390 e. The Morgan fingerprint density at radius 3 is 2.50 bits per heavy atom. The summed E-state index contributed by atoms with van der Waals surface area (Å²) in [7, 11) is 0. The molecular formula is C12H20F3N3. The van der Waals surface area contributed by atoms with Gasteiger partial charge in [0.1, 0.15) is 0 Å². The molecule has 1 heterocycles. The minimum absolute atomic E-state index is 0.221. The van der Waals surface area contributed by atoms with Gasteiger partial charge in [-0.15, -0.1) is 0 Å². The Kier molecular flexibility index (Phi) is 5.19. The van der Waals surface area contributed by atoms with Crippen LogP contribution < -0.4 is 5.32 Å². The lowest BCUT2D eigenvalue weighted by atomic mass is 10.1. The zero-order valence-corrected chi connectivity index (χ0v) is 11.0. The largest absolute Gasteiger partial charge is 0.390 e. The molecule has 104 valence electrons. The van der Waals surface area contributed by atoms with Crippen LogP contribution >= 0.6 is 0 Å². The van der Waals surface area contributed by atoms with Gasteiger partial charge in [-0.3, -0.25) is 4.68 Å². The van der Waals surface area contributed by atoms with Gasteiger partial charge >= 0.3 is 6.18 Å². The van der Waals surface area contributed by atoms with Crippen LogP contribution in [0.5, 0.6) is 0 Å². The zero-order chi connectivity index (χ0) is 13.8. The molecule has 0 aliphatic rings. The van der Waals surface area contributed by atoms with Crippen molar-refractivity contribution in [3.63, 3.8) is 0 Å². The summed E-state index contributed by atoms with van der Waals surface area (Å²) in [6, 6.07) is 1.39. The van der Waals surface area contributed by atoms with Crippen molar-refractivity contribution < 1.29 is 13.2 Å². The molecule has 1 aromatic rings. The predicted octanol–water partition coefficient (Wildman–Crippen LogP) is 2.94. The second-order valence-corrected chi connectivity index (χ2v) is 4.66. The second-order valence-electron chi connectivity index (χ2n) is 4.66. The molecule has 0 aromatic carbocycles. The molecule has 1 unspecified atom stereocenters. The van der Waals surface area contributed by atoms with Crippen molar-refractivity contribution in [2.24, 2.45) is 0 Å². The first kappa shape index (κ1) is 15.0. The van der Waals surface area contributed by atoms with Crippen molar-refractivity contribution in [2.45, 2.75) is 51.9 Å². The Morgan fingerprint density at radius 2 is 2.06 bits per heavy atom. The summed E-state index contributed by atoms with van der Waals surface area (Å²) in [5.74, 6) is 0. The van der Waals surface area contributed by atoms with Gasteiger partial charge in [0.15, 0.2) is 0 Å². The highest BCUT2D eigenvalue weighted by Gasteiger charge is 2.31. The molecule has 0 fully saturated rings. The summed E-state index contributed by atoms with van der Waals surface area (Å²) in [6.45, 7) is 6.28. The van der Waals surface area contributed by atoms with Gasteiger partial charge in [0.25, 0.3) is 0 Å². The number of rotatable bonds is 6.